The number of para-hydroxylation sites is 1. The second-order valence-corrected chi connectivity index (χ2v) is 7.71. The van der Waals surface area contributed by atoms with Gasteiger partial charge in [-0.25, -0.2) is 0 Å². The topological polar surface area (TPSA) is 51.0 Å². The van der Waals surface area contributed by atoms with E-state index in [2.05, 4.69) is 27.0 Å². The van der Waals surface area contributed by atoms with Gasteiger partial charge in [0, 0.05) is 18.3 Å². The maximum absolute atomic E-state index is 12.7. The second-order valence-electron chi connectivity index (χ2n) is 5.99. The Kier molecular flexibility index (Phi) is 4.85. The Morgan fingerprint density at radius 2 is 2.12 bits per heavy atom. The Hall–Kier alpha value is -2.12. The standard InChI is InChI=1S/C18H18N4OS2/c23-17(21(16-6-7-16)10-14-8-9-24-11-14)12-25-18-20-19-13-22(18)15-4-2-1-3-5-15/h1-5,8-9,11,13,16H,6-7,10,12H2. The van der Waals surface area contributed by atoms with E-state index in [1.807, 2.05) is 39.8 Å². The fourth-order valence-corrected chi connectivity index (χ4v) is 4.16. The summed E-state index contributed by atoms with van der Waals surface area (Å²) >= 11 is 3.12. The number of amides is 1. The van der Waals surface area contributed by atoms with E-state index in [9.17, 15) is 4.79 Å². The number of hydrogen-bond donors (Lipinski definition) is 0. The third-order valence-corrected chi connectivity index (χ3v) is 5.78. The summed E-state index contributed by atoms with van der Waals surface area (Å²) in [6, 6.07) is 12.4. The van der Waals surface area contributed by atoms with Crippen molar-refractivity contribution >= 4 is 29.0 Å². The molecule has 1 aliphatic rings. The summed E-state index contributed by atoms with van der Waals surface area (Å²) in [5, 5.41) is 13.1. The van der Waals surface area contributed by atoms with Gasteiger partial charge in [0.05, 0.1) is 5.75 Å². The summed E-state index contributed by atoms with van der Waals surface area (Å²) in [6.45, 7) is 0.707. The van der Waals surface area contributed by atoms with Crippen molar-refractivity contribution in [2.24, 2.45) is 0 Å². The zero-order valence-electron chi connectivity index (χ0n) is 13.6. The lowest BCUT2D eigenvalue weighted by Gasteiger charge is -2.21. The molecule has 0 atom stereocenters. The average Bonchev–Trinajstić information content (AvgIpc) is 3.16. The first-order valence-corrected chi connectivity index (χ1v) is 10.1. The molecule has 2 aromatic heterocycles. The molecule has 2 heterocycles. The second kappa shape index (κ2) is 7.41. The van der Waals surface area contributed by atoms with E-state index in [4.69, 9.17) is 0 Å². The number of carbonyl (C=O) groups is 1. The van der Waals surface area contributed by atoms with Crippen LogP contribution in [0.25, 0.3) is 5.69 Å². The lowest BCUT2D eigenvalue weighted by molar-refractivity contribution is -0.129. The molecule has 128 valence electrons. The van der Waals surface area contributed by atoms with Crippen molar-refractivity contribution in [3.8, 4) is 5.69 Å². The maximum Gasteiger partial charge on any atom is 0.233 e. The molecular formula is C18H18N4OS2. The monoisotopic (exact) mass is 370 g/mol. The predicted molar refractivity (Wildman–Crippen MR) is 100.0 cm³/mol. The van der Waals surface area contributed by atoms with Crippen LogP contribution in [0.3, 0.4) is 0 Å². The Bertz CT molecular complexity index is 828. The molecule has 3 aromatic rings. The number of carbonyl (C=O) groups excluding carboxylic acids is 1. The summed E-state index contributed by atoms with van der Waals surface area (Å²) < 4.78 is 1.91. The Labute approximate surface area is 154 Å². The molecule has 0 aliphatic heterocycles. The highest BCUT2D eigenvalue weighted by Gasteiger charge is 2.32. The minimum atomic E-state index is 0.168. The molecule has 0 radical (unpaired) electrons. The number of nitrogens with zero attached hydrogens (tertiary/aromatic N) is 4. The highest BCUT2D eigenvalue weighted by Crippen LogP contribution is 2.30. The first kappa shape index (κ1) is 16.4. The van der Waals surface area contributed by atoms with Gasteiger partial charge in [-0.05, 0) is 47.4 Å². The predicted octanol–water partition coefficient (Wildman–Crippen LogP) is 3.61. The van der Waals surface area contributed by atoms with Crippen LogP contribution in [-0.4, -0.2) is 37.4 Å². The molecule has 1 amide bonds. The van der Waals surface area contributed by atoms with Crippen molar-refractivity contribution < 1.29 is 4.79 Å². The van der Waals surface area contributed by atoms with Crippen LogP contribution in [0, 0.1) is 0 Å². The molecule has 0 unspecified atom stereocenters. The van der Waals surface area contributed by atoms with Crippen LogP contribution in [0.15, 0.2) is 58.6 Å². The maximum atomic E-state index is 12.7. The van der Waals surface area contributed by atoms with E-state index < -0.39 is 0 Å². The van der Waals surface area contributed by atoms with Crippen LogP contribution >= 0.6 is 23.1 Å². The largest absolute Gasteiger partial charge is 0.335 e. The van der Waals surface area contributed by atoms with Crippen LogP contribution in [0.4, 0.5) is 0 Å². The van der Waals surface area contributed by atoms with Crippen LogP contribution in [0.5, 0.6) is 0 Å². The number of rotatable bonds is 7. The van der Waals surface area contributed by atoms with Gasteiger partial charge in [-0.3, -0.25) is 9.36 Å². The Balaban J connectivity index is 1.42. The minimum Gasteiger partial charge on any atom is -0.335 e. The van der Waals surface area contributed by atoms with E-state index in [-0.39, 0.29) is 5.91 Å². The molecule has 1 saturated carbocycles. The molecule has 0 N–H and O–H groups in total. The summed E-state index contributed by atoms with van der Waals surface area (Å²) in [4.78, 5) is 14.8. The number of thioether (sulfide) groups is 1. The van der Waals surface area contributed by atoms with Crippen LogP contribution in [0.1, 0.15) is 18.4 Å². The van der Waals surface area contributed by atoms with Gasteiger partial charge < -0.3 is 4.90 Å². The number of thiophene rings is 1. The normalized spacial score (nSPS) is 13.8. The summed E-state index contributed by atoms with van der Waals surface area (Å²) in [5.74, 6) is 0.549. The first-order chi connectivity index (χ1) is 12.3. The fourth-order valence-electron chi connectivity index (χ4n) is 2.68. The van der Waals surface area contributed by atoms with Crippen molar-refractivity contribution in [2.75, 3.05) is 5.75 Å². The average molecular weight is 371 g/mol. The highest BCUT2D eigenvalue weighted by atomic mass is 32.2. The Morgan fingerprint density at radius 1 is 1.28 bits per heavy atom. The van der Waals surface area contributed by atoms with E-state index in [1.165, 1.54) is 17.3 Å². The van der Waals surface area contributed by atoms with E-state index >= 15 is 0 Å². The van der Waals surface area contributed by atoms with Gasteiger partial charge in [-0.15, -0.1) is 10.2 Å². The molecule has 0 bridgehead atoms. The smallest absolute Gasteiger partial charge is 0.233 e. The molecule has 0 saturated heterocycles. The van der Waals surface area contributed by atoms with E-state index in [1.54, 1.807) is 17.7 Å². The minimum absolute atomic E-state index is 0.168. The molecule has 1 fully saturated rings. The lowest BCUT2D eigenvalue weighted by atomic mass is 10.3. The Morgan fingerprint density at radius 3 is 2.84 bits per heavy atom. The third-order valence-electron chi connectivity index (χ3n) is 4.12. The van der Waals surface area contributed by atoms with Gasteiger partial charge in [-0.1, -0.05) is 30.0 Å². The van der Waals surface area contributed by atoms with E-state index in [0.717, 1.165) is 23.7 Å². The fraction of sp³-hybridized carbons (Fsp3) is 0.278. The number of aromatic nitrogens is 3. The van der Waals surface area contributed by atoms with Crippen molar-refractivity contribution in [3.63, 3.8) is 0 Å². The number of hydrogen-bond acceptors (Lipinski definition) is 5. The molecule has 5 nitrogen and oxygen atoms in total. The van der Waals surface area contributed by atoms with E-state index in [0.29, 0.717) is 18.3 Å². The van der Waals surface area contributed by atoms with Crippen molar-refractivity contribution in [1.29, 1.82) is 0 Å². The quantitative estimate of drug-likeness (QED) is 0.596. The molecule has 1 aliphatic carbocycles. The van der Waals surface area contributed by atoms with Gasteiger partial charge in [0.25, 0.3) is 0 Å². The molecule has 4 rings (SSSR count). The number of benzene rings is 1. The van der Waals surface area contributed by atoms with Gasteiger partial charge in [0.15, 0.2) is 5.16 Å². The summed E-state index contributed by atoms with van der Waals surface area (Å²) in [6.07, 6.45) is 3.91. The summed E-state index contributed by atoms with van der Waals surface area (Å²) in [5.41, 5.74) is 2.21. The first-order valence-electron chi connectivity index (χ1n) is 8.20. The van der Waals surface area contributed by atoms with Crippen LogP contribution in [-0.2, 0) is 11.3 Å². The van der Waals surface area contributed by atoms with Crippen LogP contribution < -0.4 is 0 Å². The molecule has 7 heteroatoms. The highest BCUT2D eigenvalue weighted by molar-refractivity contribution is 7.99. The van der Waals surface area contributed by atoms with Gasteiger partial charge in [0.2, 0.25) is 5.91 Å². The SMILES string of the molecule is O=C(CSc1nncn1-c1ccccc1)N(Cc1ccsc1)C1CC1. The lowest BCUT2D eigenvalue weighted by Crippen LogP contribution is -2.33. The zero-order chi connectivity index (χ0) is 17.1. The molecule has 1 aromatic carbocycles. The van der Waals surface area contributed by atoms with Gasteiger partial charge in [0.1, 0.15) is 6.33 Å². The molecule has 25 heavy (non-hydrogen) atoms. The van der Waals surface area contributed by atoms with Gasteiger partial charge >= 0.3 is 0 Å². The zero-order valence-corrected chi connectivity index (χ0v) is 15.2. The van der Waals surface area contributed by atoms with Gasteiger partial charge in [-0.2, -0.15) is 11.3 Å². The van der Waals surface area contributed by atoms with Crippen molar-refractivity contribution in [1.82, 2.24) is 19.7 Å². The third kappa shape index (κ3) is 3.93. The van der Waals surface area contributed by atoms with Crippen molar-refractivity contribution in [3.05, 3.63) is 59.0 Å². The molecular weight excluding hydrogens is 352 g/mol. The van der Waals surface area contributed by atoms with Crippen molar-refractivity contribution in [2.45, 2.75) is 30.6 Å². The summed E-state index contributed by atoms with van der Waals surface area (Å²) in [7, 11) is 0. The molecule has 0 spiro atoms. The van der Waals surface area contributed by atoms with Crippen LogP contribution in [0.2, 0.25) is 0 Å².